The molecule has 1 saturated carbocycles. The Bertz CT molecular complexity index is 205. The molecule has 3 heteroatoms. The third kappa shape index (κ3) is 2.76. The topological polar surface area (TPSA) is 30.5 Å². The van der Waals surface area contributed by atoms with Gasteiger partial charge >= 0.3 is 0 Å². The van der Waals surface area contributed by atoms with Crippen molar-refractivity contribution in [1.82, 2.24) is 5.32 Å². The lowest BCUT2D eigenvalue weighted by Crippen LogP contribution is -2.53. The number of hydrogen-bond acceptors (Lipinski definition) is 3. The molecule has 0 unspecified atom stereocenters. The predicted molar refractivity (Wildman–Crippen MR) is 64.6 cm³/mol. The minimum Gasteiger partial charge on any atom is -0.385 e. The number of fused-ring (bicyclic) bond motifs is 3. The molecule has 3 fully saturated rings. The fourth-order valence-electron chi connectivity index (χ4n) is 2.85. The van der Waals surface area contributed by atoms with E-state index in [4.69, 9.17) is 9.47 Å². The molecule has 0 radical (unpaired) electrons. The van der Waals surface area contributed by atoms with E-state index in [0.717, 1.165) is 32.7 Å². The van der Waals surface area contributed by atoms with Crippen LogP contribution in [0.15, 0.2) is 0 Å². The van der Waals surface area contributed by atoms with Gasteiger partial charge in [0.15, 0.2) is 0 Å². The van der Waals surface area contributed by atoms with E-state index in [0.29, 0.717) is 5.41 Å². The highest BCUT2D eigenvalue weighted by Gasteiger charge is 2.46. The Morgan fingerprint density at radius 3 is 2.56 bits per heavy atom. The molecule has 2 heterocycles. The molecule has 0 aromatic carbocycles. The lowest BCUT2D eigenvalue weighted by molar-refractivity contribution is -0.172. The molecule has 94 valence electrons. The summed E-state index contributed by atoms with van der Waals surface area (Å²) in [7, 11) is 1.76. The van der Waals surface area contributed by atoms with Crippen LogP contribution in [0.1, 0.15) is 39.0 Å². The zero-order valence-corrected chi connectivity index (χ0v) is 10.7. The summed E-state index contributed by atoms with van der Waals surface area (Å²) in [6, 6.07) is 0. The van der Waals surface area contributed by atoms with Gasteiger partial charge in [0.2, 0.25) is 0 Å². The number of nitrogens with one attached hydrogen (secondary N) is 1. The molecule has 3 rings (SSSR count). The van der Waals surface area contributed by atoms with Crippen LogP contribution >= 0.6 is 0 Å². The lowest BCUT2D eigenvalue weighted by Gasteiger charge is -2.52. The maximum atomic E-state index is 5.98. The summed E-state index contributed by atoms with van der Waals surface area (Å²) >= 11 is 0. The SMILES string of the molecule is COCCCNCC12CCC(C)(CC1)OC2. The van der Waals surface area contributed by atoms with Gasteiger partial charge < -0.3 is 14.8 Å². The van der Waals surface area contributed by atoms with Crippen molar-refractivity contribution in [3.8, 4) is 0 Å². The molecule has 1 N–H and O–H groups in total. The van der Waals surface area contributed by atoms with Crippen molar-refractivity contribution in [3.63, 3.8) is 0 Å². The van der Waals surface area contributed by atoms with Gasteiger partial charge in [-0.3, -0.25) is 0 Å². The van der Waals surface area contributed by atoms with E-state index in [1.54, 1.807) is 7.11 Å². The quantitative estimate of drug-likeness (QED) is 0.704. The van der Waals surface area contributed by atoms with Crippen molar-refractivity contribution < 1.29 is 9.47 Å². The van der Waals surface area contributed by atoms with E-state index in [-0.39, 0.29) is 5.60 Å². The molecular formula is C13H25NO2. The summed E-state index contributed by atoms with van der Waals surface area (Å²) in [5.74, 6) is 0. The van der Waals surface area contributed by atoms with Crippen LogP contribution in [-0.4, -0.2) is 39.0 Å². The van der Waals surface area contributed by atoms with Crippen LogP contribution in [-0.2, 0) is 9.47 Å². The Kier molecular flexibility index (Phi) is 3.88. The third-order valence-corrected chi connectivity index (χ3v) is 4.30. The van der Waals surface area contributed by atoms with Gasteiger partial charge in [-0.25, -0.2) is 0 Å². The Labute approximate surface area is 98.9 Å². The van der Waals surface area contributed by atoms with E-state index in [1.807, 2.05) is 0 Å². The van der Waals surface area contributed by atoms with Crippen LogP contribution in [0.2, 0.25) is 0 Å². The smallest absolute Gasteiger partial charge is 0.0655 e. The average Bonchev–Trinajstić information content (AvgIpc) is 2.31. The Morgan fingerprint density at radius 1 is 1.25 bits per heavy atom. The predicted octanol–water partition coefficient (Wildman–Crippen LogP) is 1.96. The van der Waals surface area contributed by atoms with Crippen LogP contribution in [0, 0.1) is 5.41 Å². The summed E-state index contributed by atoms with van der Waals surface area (Å²) in [5, 5.41) is 3.56. The maximum absolute atomic E-state index is 5.98. The summed E-state index contributed by atoms with van der Waals surface area (Å²) < 4.78 is 11.0. The molecular weight excluding hydrogens is 202 g/mol. The highest BCUT2D eigenvalue weighted by atomic mass is 16.5. The van der Waals surface area contributed by atoms with Gasteiger partial charge in [0.1, 0.15) is 0 Å². The van der Waals surface area contributed by atoms with Crippen molar-refractivity contribution >= 4 is 0 Å². The molecule has 0 atom stereocenters. The first kappa shape index (κ1) is 12.3. The second kappa shape index (κ2) is 5.03. The molecule has 3 aliphatic rings. The number of ether oxygens (including phenoxy) is 2. The minimum absolute atomic E-state index is 0.206. The molecule has 0 amide bonds. The number of methoxy groups -OCH3 is 1. The van der Waals surface area contributed by atoms with E-state index in [2.05, 4.69) is 12.2 Å². The van der Waals surface area contributed by atoms with Gasteiger partial charge in [0, 0.05) is 25.7 Å². The molecule has 2 aliphatic heterocycles. The first-order valence-corrected chi connectivity index (χ1v) is 6.52. The van der Waals surface area contributed by atoms with Crippen LogP contribution in [0.25, 0.3) is 0 Å². The lowest BCUT2D eigenvalue weighted by atomic mass is 9.66. The normalized spacial score (nSPS) is 37.9. The van der Waals surface area contributed by atoms with E-state index in [9.17, 15) is 0 Å². The monoisotopic (exact) mass is 227 g/mol. The number of rotatable bonds is 6. The Hall–Kier alpha value is -0.120. The average molecular weight is 227 g/mol. The largest absolute Gasteiger partial charge is 0.385 e. The fraction of sp³-hybridized carbons (Fsp3) is 1.00. The molecule has 2 bridgehead atoms. The first-order chi connectivity index (χ1) is 7.68. The third-order valence-electron chi connectivity index (χ3n) is 4.30. The number of hydrogen-bond donors (Lipinski definition) is 1. The zero-order chi connectivity index (χ0) is 11.5. The van der Waals surface area contributed by atoms with Gasteiger partial charge in [-0.05, 0) is 45.6 Å². The van der Waals surface area contributed by atoms with Crippen molar-refractivity contribution in [1.29, 1.82) is 0 Å². The Morgan fingerprint density at radius 2 is 2.00 bits per heavy atom. The standard InChI is InChI=1S/C13H25NO2/c1-12-4-6-13(7-5-12,11-16-12)10-14-8-3-9-15-2/h14H,3-11H2,1-2H3. The molecule has 1 aliphatic carbocycles. The molecule has 16 heavy (non-hydrogen) atoms. The van der Waals surface area contributed by atoms with Gasteiger partial charge in [0.25, 0.3) is 0 Å². The maximum Gasteiger partial charge on any atom is 0.0655 e. The fourth-order valence-corrected chi connectivity index (χ4v) is 2.85. The van der Waals surface area contributed by atoms with Crippen LogP contribution in [0.4, 0.5) is 0 Å². The molecule has 0 aromatic heterocycles. The second-order valence-corrected chi connectivity index (χ2v) is 5.76. The van der Waals surface area contributed by atoms with Crippen molar-refractivity contribution in [2.24, 2.45) is 5.41 Å². The molecule has 0 spiro atoms. The van der Waals surface area contributed by atoms with Gasteiger partial charge in [0.05, 0.1) is 12.2 Å². The molecule has 0 aromatic rings. The van der Waals surface area contributed by atoms with Crippen molar-refractivity contribution in [2.45, 2.75) is 44.6 Å². The van der Waals surface area contributed by atoms with Gasteiger partial charge in [-0.2, -0.15) is 0 Å². The van der Waals surface area contributed by atoms with Gasteiger partial charge in [-0.15, -0.1) is 0 Å². The summed E-state index contributed by atoms with van der Waals surface area (Å²) in [5.41, 5.74) is 0.642. The second-order valence-electron chi connectivity index (χ2n) is 5.76. The summed E-state index contributed by atoms with van der Waals surface area (Å²) in [4.78, 5) is 0. The van der Waals surface area contributed by atoms with E-state index in [1.165, 1.54) is 25.7 Å². The van der Waals surface area contributed by atoms with Crippen molar-refractivity contribution in [2.75, 3.05) is 33.4 Å². The van der Waals surface area contributed by atoms with E-state index >= 15 is 0 Å². The van der Waals surface area contributed by atoms with Crippen LogP contribution in [0.3, 0.4) is 0 Å². The summed E-state index contributed by atoms with van der Waals surface area (Å²) in [6.45, 7) is 6.26. The highest BCUT2D eigenvalue weighted by Crippen LogP contribution is 2.48. The first-order valence-electron chi connectivity index (χ1n) is 6.52. The van der Waals surface area contributed by atoms with Gasteiger partial charge in [-0.1, -0.05) is 0 Å². The van der Waals surface area contributed by atoms with Crippen molar-refractivity contribution in [3.05, 3.63) is 0 Å². The zero-order valence-electron chi connectivity index (χ0n) is 10.7. The summed E-state index contributed by atoms with van der Waals surface area (Å²) in [6.07, 6.45) is 6.26. The van der Waals surface area contributed by atoms with Crippen LogP contribution < -0.4 is 5.32 Å². The molecule has 3 nitrogen and oxygen atoms in total. The van der Waals surface area contributed by atoms with Crippen LogP contribution in [0.5, 0.6) is 0 Å². The Balaban J connectivity index is 1.69. The highest BCUT2D eigenvalue weighted by molar-refractivity contribution is 4.98. The molecule has 2 saturated heterocycles. The minimum atomic E-state index is 0.206. The van der Waals surface area contributed by atoms with E-state index < -0.39 is 0 Å².